The number of halogens is 1. The van der Waals surface area contributed by atoms with Crippen molar-refractivity contribution in [3.8, 4) is 0 Å². The number of amides is 1. The summed E-state index contributed by atoms with van der Waals surface area (Å²) >= 11 is 6.21. The molecule has 2 aromatic carbocycles. The third-order valence-electron chi connectivity index (χ3n) is 3.41. The number of rotatable bonds is 8. The first kappa shape index (κ1) is 20.2. The monoisotopic (exact) mass is 479 g/mol. The van der Waals surface area contributed by atoms with Crippen LogP contribution in [-0.2, 0) is 4.79 Å². The second-order valence-corrected chi connectivity index (χ2v) is 8.66. The maximum Gasteiger partial charge on any atom is 0.292 e. The highest BCUT2D eigenvalue weighted by atomic mass is 79.9. The molecule has 144 valence electrons. The first-order valence-electron chi connectivity index (χ1n) is 8.03. The zero-order valence-electron chi connectivity index (χ0n) is 14.3. The Bertz CT molecular complexity index is 998. The summed E-state index contributed by atoms with van der Waals surface area (Å²) in [6.07, 6.45) is 0.199. The van der Waals surface area contributed by atoms with Gasteiger partial charge in [0.1, 0.15) is 5.69 Å². The number of nitrogens with zero attached hydrogens (tertiary/aromatic N) is 3. The predicted molar refractivity (Wildman–Crippen MR) is 114 cm³/mol. The molecule has 28 heavy (non-hydrogen) atoms. The van der Waals surface area contributed by atoms with Gasteiger partial charge in [0.2, 0.25) is 11.0 Å². The van der Waals surface area contributed by atoms with E-state index in [2.05, 4.69) is 36.8 Å². The Morgan fingerprint density at radius 3 is 2.82 bits per heavy atom. The fraction of sp³-hybridized carbons (Fsp3) is 0.118. The summed E-state index contributed by atoms with van der Waals surface area (Å²) < 4.78 is 1.69. The topological polar surface area (TPSA) is 110 Å². The molecular weight excluding hydrogens is 466 g/mol. The maximum absolute atomic E-state index is 12.1. The van der Waals surface area contributed by atoms with Crippen LogP contribution in [0.3, 0.4) is 0 Å². The fourth-order valence-corrected chi connectivity index (χ4v) is 4.37. The molecular formula is C17H14BrN5O3S2. The molecule has 1 heterocycles. The van der Waals surface area contributed by atoms with E-state index >= 15 is 0 Å². The van der Waals surface area contributed by atoms with Gasteiger partial charge in [-0.3, -0.25) is 14.9 Å². The number of anilines is 3. The Hall–Kier alpha value is -2.50. The van der Waals surface area contributed by atoms with Crippen LogP contribution < -0.4 is 10.6 Å². The van der Waals surface area contributed by atoms with Crippen LogP contribution in [0.1, 0.15) is 6.42 Å². The lowest BCUT2D eigenvalue weighted by Gasteiger charge is -2.05. The third-order valence-corrected chi connectivity index (χ3v) is 5.88. The number of para-hydroxylation sites is 2. The number of hydrogen-bond acceptors (Lipinski definition) is 8. The van der Waals surface area contributed by atoms with Gasteiger partial charge >= 0.3 is 0 Å². The fourth-order valence-electron chi connectivity index (χ4n) is 2.19. The molecule has 8 nitrogen and oxygen atoms in total. The summed E-state index contributed by atoms with van der Waals surface area (Å²) in [6.45, 7) is 0. The summed E-state index contributed by atoms with van der Waals surface area (Å²) in [6, 6.07) is 13.8. The number of aromatic nitrogens is 2. The normalized spacial score (nSPS) is 10.5. The number of carbonyl (C=O) groups excluding carboxylic acids is 1. The molecule has 0 unspecified atom stereocenters. The molecule has 11 heteroatoms. The number of thioether (sulfide) groups is 1. The number of nitro groups is 1. The summed E-state index contributed by atoms with van der Waals surface area (Å²) in [4.78, 5) is 22.5. The highest BCUT2D eigenvalue weighted by Gasteiger charge is 2.15. The van der Waals surface area contributed by atoms with Crippen molar-refractivity contribution in [2.75, 3.05) is 16.4 Å². The minimum Gasteiger partial charge on any atom is -0.330 e. The van der Waals surface area contributed by atoms with Crippen molar-refractivity contribution in [2.45, 2.75) is 10.8 Å². The Morgan fingerprint density at radius 2 is 2.04 bits per heavy atom. The first-order chi connectivity index (χ1) is 13.5. The van der Waals surface area contributed by atoms with Gasteiger partial charge in [-0.1, -0.05) is 57.2 Å². The van der Waals surface area contributed by atoms with Crippen molar-refractivity contribution in [3.63, 3.8) is 0 Å². The molecule has 0 atom stereocenters. The smallest absolute Gasteiger partial charge is 0.292 e. The number of benzene rings is 2. The minimum absolute atomic E-state index is 0.129. The van der Waals surface area contributed by atoms with Gasteiger partial charge in [0.15, 0.2) is 4.34 Å². The molecule has 3 aromatic rings. The van der Waals surface area contributed by atoms with Gasteiger partial charge in [0, 0.05) is 28.4 Å². The van der Waals surface area contributed by atoms with Crippen molar-refractivity contribution in [3.05, 3.63) is 63.1 Å². The first-order valence-corrected chi connectivity index (χ1v) is 10.6. The van der Waals surface area contributed by atoms with Gasteiger partial charge in [-0.2, -0.15) is 0 Å². The molecule has 2 N–H and O–H groups in total. The van der Waals surface area contributed by atoms with Gasteiger partial charge in [-0.25, -0.2) is 0 Å². The maximum atomic E-state index is 12.1. The SMILES string of the molecule is O=C(CCSc1nnc(Nc2cccc(Br)c2)s1)Nc1ccccc1[N+](=O)[O-]. The lowest BCUT2D eigenvalue weighted by Crippen LogP contribution is -2.13. The van der Waals surface area contributed by atoms with Crippen molar-refractivity contribution in [1.82, 2.24) is 10.2 Å². The molecule has 0 bridgehead atoms. The highest BCUT2D eigenvalue weighted by Crippen LogP contribution is 2.29. The van der Waals surface area contributed by atoms with E-state index in [1.807, 2.05) is 24.3 Å². The molecule has 0 aliphatic carbocycles. The van der Waals surface area contributed by atoms with Gasteiger partial charge in [0.05, 0.1) is 4.92 Å². The Balaban J connectivity index is 1.48. The number of nitro benzene ring substituents is 1. The molecule has 1 aromatic heterocycles. The molecule has 1 amide bonds. The zero-order chi connectivity index (χ0) is 19.9. The average Bonchev–Trinajstić information content (AvgIpc) is 3.09. The quantitative estimate of drug-likeness (QED) is 0.263. The Morgan fingerprint density at radius 1 is 1.21 bits per heavy atom. The lowest BCUT2D eigenvalue weighted by atomic mass is 10.2. The van der Waals surface area contributed by atoms with E-state index in [1.54, 1.807) is 12.1 Å². The van der Waals surface area contributed by atoms with Crippen LogP contribution in [0, 0.1) is 10.1 Å². The standard InChI is InChI=1S/C17H14BrN5O3S2/c18-11-4-3-5-12(10-11)19-16-21-22-17(28-16)27-9-8-15(24)20-13-6-1-2-7-14(13)23(25)26/h1-7,10H,8-9H2,(H,19,21)(H,20,24). The van der Waals surface area contributed by atoms with Crippen molar-refractivity contribution >= 4 is 67.1 Å². The minimum atomic E-state index is -0.522. The summed E-state index contributed by atoms with van der Waals surface area (Å²) in [7, 11) is 0. The van der Waals surface area contributed by atoms with E-state index in [0.717, 1.165) is 14.5 Å². The van der Waals surface area contributed by atoms with Crippen LogP contribution >= 0.6 is 39.0 Å². The number of carbonyl (C=O) groups is 1. The second-order valence-electron chi connectivity index (χ2n) is 5.43. The Kier molecular flexibility index (Phi) is 6.95. The van der Waals surface area contributed by atoms with Crippen LogP contribution in [0.15, 0.2) is 57.3 Å². The van der Waals surface area contributed by atoms with E-state index in [1.165, 1.54) is 35.2 Å². The molecule has 0 saturated carbocycles. The van der Waals surface area contributed by atoms with Crippen LogP contribution in [0.25, 0.3) is 0 Å². The molecule has 0 radical (unpaired) electrons. The van der Waals surface area contributed by atoms with E-state index < -0.39 is 4.92 Å². The molecule has 0 aliphatic rings. The van der Waals surface area contributed by atoms with Gasteiger partial charge < -0.3 is 10.6 Å². The van der Waals surface area contributed by atoms with Crippen LogP contribution in [0.5, 0.6) is 0 Å². The largest absolute Gasteiger partial charge is 0.330 e. The molecule has 0 fully saturated rings. The van der Waals surface area contributed by atoms with E-state index in [0.29, 0.717) is 10.9 Å². The summed E-state index contributed by atoms with van der Waals surface area (Å²) in [5.74, 6) is 0.191. The van der Waals surface area contributed by atoms with Crippen molar-refractivity contribution in [1.29, 1.82) is 0 Å². The van der Waals surface area contributed by atoms with E-state index in [4.69, 9.17) is 0 Å². The zero-order valence-corrected chi connectivity index (χ0v) is 17.5. The Labute approximate surface area is 177 Å². The van der Waals surface area contributed by atoms with Gasteiger partial charge in [-0.15, -0.1) is 10.2 Å². The van der Waals surface area contributed by atoms with Crippen LogP contribution in [-0.4, -0.2) is 26.8 Å². The second kappa shape index (κ2) is 9.62. The molecule has 3 rings (SSSR count). The van der Waals surface area contributed by atoms with Crippen LogP contribution in [0.2, 0.25) is 0 Å². The van der Waals surface area contributed by atoms with Crippen molar-refractivity contribution < 1.29 is 9.72 Å². The molecule has 0 spiro atoms. The van der Waals surface area contributed by atoms with Gasteiger partial charge in [-0.05, 0) is 24.3 Å². The van der Waals surface area contributed by atoms with Crippen molar-refractivity contribution in [2.24, 2.45) is 0 Å². The third kappa shape index (κ3) is 5.75. The highest BCUT2D eigenvalue weighted by molar-refractivity contribution is 9.10. The molecule has 0 saturated heterocycles. The average molecular weight is 480 g/mol. The summed E-state index contributed by atoms with van der Waals surface area (Å²) in [5, 5.41) is 25.6. The summed E-state index contributed by atoms with van der Waals surface area (Å²) in [5.41, 5.74) is 0.959. The van der Waals surface area contributed by atoms with E-state index in [9.17, 15) is 14.9 Å². The van der Waals surface area contributed by atoms with Crippen LogP contribution in [0.4, 0.5) is 22.2 Å². The predicted octanol–water partition coefficient (Wildman–Crippen LogP) is 5.07. The van der Waals surface area contributed by atoms with Gasteiger partial charge in [0.25, 0.3) is 5.69 Å². The number of nitrogens with one attached hydrogen (secondary N) is 2. The van der Waals surface area contributed by atoms with E-state index in [-0.39, 0.29) is 23.7 Å². The number of hydrogen-bond donors (Lipinski definition) is 2. The lowest BCUT2D eigenvalue weighted by molar-refractivity contribution is -0.383. The molecule has 0 aliphatic heterocycles.